The van der Waals surface area contributed by atoms with Gasteiger partial charge in [-0.3, -0.25) is 4.79 Å². The lowest BCUT2D eigenvalue weighted by molar-refractivity contribution is -0.119. The molecule has 30 heavy (non-hydrogen) atoms. The molecule has 1 atom stereocenters. The number of amides is 1. The maximum absolute atomic E-state index is 13.0. The van der Waals surface area contributed by atoms with Crippen LogP contribution in [0, 0.1) is 19.7 Å². The quantitative estimate of drug-likeness (QED) is 0.481. The van der Waals surface area contributed by atoms with Gasteiger partial charge >= 0.3 is 0 Å². The average Bonchev–Trinajstić information content (AvgIpc) is 3.22. The van der Waals surface area contributed by atoms with E-state index in [-0.39, 0.29) is 4.90 Å². The molecule has 0 spiro atoms. The number of furan rings is 1. The van der Waals surface area contributed by atoms with E-state index in [0.29, 0.717) is 17.2 Å². The zero-order valence-corrected chi connectivity index (χ0v) is 17.2. The summed E-state index contributed by atoms with van der Waals surface area (Å²) < 4.78 is 44.8. The van der Waals surface area contributed by atoms with Crippen molar-refractivity contribution in [2.24, 2.45) is 0 Å². The minimum absolute atomic E-state index is 0.128. The van der Waals surface area contributed by atoms with Gasteiger partial charge in [0.25, 0.3) is 0 Å². The predicted molar refractivity (Wildman–Crippen MR) is 105 cm³/mol. The van der Waals surface area contributed by atoms with Crippen LogP contribution in [0.25, 0.3) is 16.7 Å². The first-order valence-electron chi connectivity index (χ1n) is 9.04. The molecule has 0 unspecified atom stereocenters. The number of halogens is 1. The molecule has 0 fully saturated rings. The fraction of sp³-hybridized carbons (Fsp3) is 0.263. The molecule has 4 aromatic rings. The molecule has 0 bridgehead atoms. The standard InChI is InChI=1S/C19H18FN5O4S/c1-10-12(3)29-19-16(10)18-23-17(24-25(18)9-21-19)11(2)22-15(26)8-30(27,28)14-6-4-13(20)5-7-14/h4-7,9,11H,8H2,1-3H3,(H,22,26)/t11-/m1/s1. The van der Waals surface area contributed by atoms with Crippen molar-refractivity contribution < 1.29 is 22.0 Å². The number of hydrogen-bond donors (Lipinski definition) is 1. The van der Waals surface area contributed by atoms with Crippen LogP contribution in [0.15, 0.2) is 39.9 Å². The van der Waals surface area contributed by atoms with E-state index < -0.39 is 33.4 Å². The number of aryl methyl sites for hydroxylation is 2. The van der Waals surface area contributed by atoms with Crippen LogP contribution in [0.5, 0.6) is 0 Å². The van der Waals surface area contributed by atoms with Gasteiger partial charge in [0.2, 0.25) is 11.6 Å². The van der Waals surface area contributed by atoms with Crippen LogP contribution in [-0.2, 0) is 14.6 Å². The molecular formula is C19H18FN5O4S. The van der Waals surface area contributed by atoms with Gasteiger partial charge in [-0.2, -0.15) is 0 Å². The molecule has 9 nitrogen and oxygen atoms in total. The first-order chi connectivity index (χ1) is 14.2. The van der Waals surface area contributed by atoms with Gasteiger partial charge in [0.1, 0.15) is 23.7 Å². The molecule has 156 valence electrons. The minimum atomic E-state index is -3.91. The van der Waals surface area contributed by atoms with E-state index >= 15 is 0 Å². The molecule has 1 N–H and O–H groups in total. The van der Waals surface area contributed by atoms with Gasteiger partial charge in [0, 0.05) is 5.56 Å². The van der Waals surface area contributed by atoms with Crippen molar-refractivity contribution in [2.45, 2.75) is 31.7 Å². The summed E-state index contributed by atoms with van der Waals surface area (Å²) in [4.78, 5) is 20.9. The Balaban J connectivity index is 1.55. The van der Waals surface area contributed by atoms with Gasteiger partial charge in [0.05, 0.1) is 16.3 Å². The summed E-state index contributed by atoms with van der Waals surface area (Å²) in [5, 5.41) is 7.64. The highest BCUT2D eigenvalue weighted by molar-refractivity contribution is 7.92. The number of sulfone groups is 1. The van der Waals surface area contributed by atoms with E-state index in [1.807, 2.05) is 13.8 Å². The lowest BCUT2D eigenvalue weighted by Gasteiger charge is -2.10. The number of rotatable bonds is 5. The fourth-order valence-electron chi connectivity index (χ4n) is 3.09. The van der Waals surface area contributed by atoms with Crippen molar-refractivity contribution in [2.75, 3.05) is 5.75 Å². The number of hydrogen-bond acceptors (Lipinski definition) is 7. The van der Waals surface area contributed by atoms with Gasteiger partial charge in [-0.15, -0.1) is 5.10 Å². The summed E-state index contributed by atoms with van der Waals surface area (Å²) in [5.41, 5.74) is 1.87. The summed E-state index contributed by atoms with van der Waals surface area (Å²) in [6, 6.07) is 3.66. The molecule has 0 aliphatic carbocycles. The van der Waals surface area contributed by atoms with Crippen LogP contribution < -0.4 is 5.32 Å². The number of aromatic nitrogens is 4. The summed E-state index contributed by atoms with van der Waals surface area (Å²) >= 11 is 0. The second kappa shape index (κ2) is 7.17. The summed E-state index contributed by atoms with van der Waals surface area (Å²) in [6.45, 7) is 5.37. The lowest BCUT2D eigenvalue weighted by atomic mass is 10.2. The number of nitrogens with zero attached hydrogens (tertiary/aromatic N) is 4. The highest BCUT2D eigenvalue weighted by Gasteiger charge is 2.23. The third kappa shape index (κ3) is 3.52. The number of benzene rings is 1. The van der Waals surface area contributed by atoms with Crippen LogP contribution in [0.1, 0.15) is 30.1 Å². The Morgan fingerprint density at radius 2 is 1.97 bits per heavy atom. The second-order valence-electron chi connectivity index (χ2n) is 6.95. The molecular weight excluding hydrogens is 413 g/mol. The average molecular weight is 431 g/mol. The minimum Gasteiger partial charge on any atom is -0.443 e. The molecule has 0 radical (unpaired) electrons. The number of fused-ring (bicyclic) bond motifs is 3. The van der Waals surface area contributed by atoms with Gasteiger partial charge in [-0.25, -0.2) is 27.3 Å². The molecule has 3 aromatic heterocycles. The molecule has 0 aliphatic heterocycles. The Bertz CT molecular complexity index is 1380. The number of carbonyl (C=O) groups is 1. The third-order valence-electron chi connectivity index (χ3n) is 4.78. The zero-order chi connectivity index (χ0) is 21.6. The molecule has 0 aliphatic rings. The van der Waals surface area contributed by atoms with Crippen LogP contribution in [0.2, 0.25) is 0 Å². The Kier molecular flexibility index (Phi) is 4.77. The largest absolute Gasteiger partial charge is 0.443 e. The Hall–Kier alpha value is -3.34. The predicted octanol–water partition coefficient (Wildman–Crippen LogP) is 2.28. The maximum Gasteiger partial charge on any atom is 0.236 e. The van der Waals surface area contributed by atoms with Gasteiger partial charge in [-0.1, -0.05) is 0 Å². The maximum atomic E-state index is 13.0. The Morgan fingerprint density at radius 3 is 2.67 bits per heavy atom. The van der Waals surface area contributed by atoms with Crippen molar-refractivity contribution in [1.82, 2.24) is 24.9 Å². The normalized spacial score (nSPS) is 13.1. The van der Waals surface area contributed by atoms with Crippen LogP contribution in [-0.4, -0.2) is 39.7 Å². The van der Waals surface area contributed by atoms with Crippen molar-refractivity contribution in [3.63, 3.8) is 0 Å². The lowest BCUT2D eigenvalue weighted by Crippen LogP contribution is -2.33. The van der Waals surface area contributed by atoms with Crippen molar-refractivity contribution >= 4 is 32.5 Å². The van der Waals surface area contributed by atoms with Crippen LogP contribution in [0.3, 0.4) is 0 Å². The van der Waals surface area contributed by atoms with E-state index in [1.54, 1.807) is 6.92 Å². The molecule has 0 saturated heterocycles. The van der Waals surface area contributed by atoms with Crippen LogP contribution >= 0.6 is 0 Å². The highest BCUT2D eigenvalue weighted by atomic mass is 32.2. The van der Waals surface area contributed by atoms with Gasteiger partial charge in [-0.05, 0) is 45.0 Å². The zero-order valence-electron chi connectivity index (χ0n) is 16.4. The van der Waals surface area contributed by atoms with Crippen molar-refractivity contribution in [1.29, 1.82) is 0 Å². The molecule has 1 amide bonds. The first kappa shape index (κ1) is 20.0. The molecule has 1 aromatic carbocycles. The monoisotopic (exact) mass is 431 g/mol. The molecule has 4 rings (SSSR count). The van der Waals surface area contributed by atoms with Crippen molar-refractivity contribution in [3.05, 3.63) is 53.6 Å². The van der Waals surface area contributed by atoms with Crippen molar-refractivity contribution in [3.8, 4) is 0 Å². The van der Waals surface area contributed by atoms with E-state index in [2.05, 4.69) is 20.4 Å². The summed E-state index contributed by atoms with van der Waals surface area (Å²) in [7, 11) is -3.91. The van der Waals surface area contributed by atoms with E-state index in [1.165, 1.54) is 10.8 Å². The summed E-state index contributed by atoms with van der Waals surface area (Å²) in [5.74, 6) is -1.03. The number of nitrogens with one attached hydrogen (secondary N) is 1. The molecule has 3 heterocycles. The van der Waals surface area contributed by atoms with E-state index in [4.69, 9.17) is 4.42 Å². The van der Waals surface area contributed by atoms with Gasteiger partial charge < -0.3 is 9.73 Å². The van der Waals surface area contributed by atoms with Crippen LogP contribution in [0.4, 0.5) is 4.39 Å². The SMILES string of the molecule is Cc1oc2ncn3nc([C@@H](C)NC(=O)CS(=O)(=O)c4ccc(F)cc4)nc3c2c1C. The molecule has 11 heteroatoms. The topological polar surface area (TPSA) is 119 Å². The highest BCUT2D eigenvalue weighted by Crippen LogP contribution is 2.26. The summed E-state index contributed by atoms with van der Waals surface area (Å²) in [6.07, 6.45) is 1.46. The fourth-order valence-corrected chi connectivity index (χ4v) is 4.24. The smallest absolute Gasteiger partial charge is 0.236 e. The van der Waals surface area contributed by atoms with Gasteiger partial charge in [0.15, 0.2) is 21.3 Å². The molecule has 0 saturated carbocycles. The third-order valence-corrected chi connectivity index (χ3v) is 6.41. The second-order valence-corrected chi connectivity index (χ2v) is 8.94. The Labute approximate surface area is 170 Å². The Morgan fingerprint density at radius 1 is 1.27 bits per heavy atom. The van der Waals surface area contributed by atoms with E-state index in [0.717, 1.165) is 41.0 Å². The number of carbonyl (C=O) groups excluding carboxylic acids is 1. The van der Waals surface area contributed by atoms with E-state index in [9.17, 15) is 17.6 Å². The first-order valence-corrected chi connectivity index (χ1v) is 10.7.